The Morgan fingerprint density at radius 1 is 1.12 bits per heavy atom. The molecule has 0 radical (unpaired) electrons. The number of nitrogens with one attached hydrogen (secondary N) is 1. The molecule has 0 saturated heterocycles. The van der Waals surface area contributed by atoms with Crippen molar-refractivity contribution in [2.75, 3.05) is 11.9 Å². The molecule has 2 aromatic rings. The molecule has 1 atom stereocenters. The van der Waals surface area contributed by atoms with Crippen LogP contribution in [0.1, 0.15) is 19.4 Å². The predicted molar refractivity (Wildman–Crippen MR) is 91.9 cm³/mol. The summed E-state index contributed by atoms with van der Waals surface area (Å²) in [6.07, 6.45) is -1.22. The number of hydrogen-bond donors (Lipinski definition) is 1. The molecule has 5 nitrogen and oxygen atoms in total. The van der Waals surface area contributed by atoms with Gasteiger partial charge in [-0.1, -0.05) is 18.2 Å². The molecule has 0 aliphatic heterocycles. The van der Waals surface area contributed by atoms with Crippen LogP contribution in [-0.2, 0) is 20.7 Å². The zero-order valence-corrected chi connectivity index (χ0v) is 14.1. The van der Waals surface area contributed by atoms with Crippen LogP contribution < -0.4 is 10.1 Å². The fourth-order valence-electron chi connectivity index (χ4n) is 2.13. The highest BCUT2D eigenvalue weighted by molar-refractivity contribution is 5.95. The minimum Gasteiger partial charge on any atom is -0.494 e. The lowest BCUT2D eigenvalue weighted by Gasteiger charge is -2.14. The van der Waals surface area contributed by atoms with Gasteiger partial charge in [-0.3, -0.25) is 9.59 Å². The number of esters is 1. The number of halogens is 1. The van der Waals surface area contributed by atoms with Gasteiger partial charge in [-0.25, -0.2) is 4.39 Å². The van der Waals surface area contributed by atoms with Crippen molar-refractivity contribution in [1.82, 2.24) is 0 Å². The van der Waals surface area contributed by atoms with Crippen molar-refractivity contribution in [2.24, 2.45) is 0 Å². The van der Waals surface area contributed by atoms with Gasteiger partial charge < -0.3 is 14.8 Å². The van der Waals surface area contributed by atoms with Gasteiger partial charge in [0.1, 0.15) is 11.6 Å². The SMILES string of the molecule is CCOc1ccc(NC(=O)[C@@H](C)OC(=O)Cc2ccccc2F)cc1. The molecule has 0 saturated carbocycles. The van der Waals surface area contributed by atoms with Crippen molar-refractivity contribution in [2.45, 2.75) is 26.4 Å². The van der Waals surface area contributed by atoms with E-state index in [9.17, 15) is 14.0 Å². The first-order valence-electron chi connectivity index (χ1n) is 7.96. The number of rotatable bonds is 7. The molecule has 0 aliphatic rings. The highest BCUT2D eigenvalue weighted by Crippen LogP contribution is 2.16. The number of benzene rings is 2. The minimum atomic E-state index is -0.995. The number of hydrogen-bond acceptors (Lipinski definition) is 4. The molecule has 0 spiro atoms. The third-order valence-corrected chi connectivity index (χ3v) is 3.40. The number of carbonyl (C=O) groups is 2. The number of amides is 1. The topological polar surface area (TPSA) is 64.6 Å². The van der Waals surface area contributed by atoms with Crippen molar-refractivity contribution < 1.29 is 23.5 Å². The Labute approximate surface area is 145 Å². The quantitative estimate of drug-likeness (QED) is 0.782. The average Bonchev–Trinajstić information content (AvgIpc) is 2.59. The number of anilines is 1. The highest BCUT2D eigenvalue weighted by atomic mass is 19.1. The molecular weight excluding hydrogens is 325 g/mol. The Morgan fingerprint density at radius 3 is 2.44 bits per heavy atom. The Bertz CT molecular complexity index is 730. The van der Waals surface area contributed by atoms with Crippen LogP contribution in [0.15, 0.2) is 48.5 Å². The lowest BCUT2D eigenvalue weighted by Crippen LogP contribution is -2.30. The molecule has 132 valence electrons. The number of ether oxygens (including phenoxy) is 2. The summed E-state index contributed by atoms with van der Waals surface area (Å²) in [5.41, 5.74) is 0.789. The normalized spacial score (nSPS) is 11.5. The van der Waals surface area contributed by atoms with Gasteiger partial charge in [-0.05, 0) is 49.7 Å². The van der Waals surface area contributed by atoms with Crippen LogP contribution in [0.5, 0.6) is 5.75 Å². The van der Waals surface area contributed by atoms with Crippen molar-refractivity contribution in [1.29, 1.82) is 0 Å². The summed E-state index contributed by atoms with van der Waals surface area (Å²) in [7, 11) is 0. The molecule has 1 N–H and O–H groups in total. The zero-order valence-electron chi connectivity index (χ0n) is 14.1. The Hall–Kier alpha value is -2.89. The molecule has 2 aromatic carbocycles. The molecule has 1 amide bonds. The maximum absolute atomic E-state index is 13.5. The smallest absolute Gasteiger partial charge is 0.311 e. The molecule has 0 bridgehead atoms. The maximum Gasteiger partial charge on any atom is 0.311 e. The van der Waals surface area contributed by atoms with Crippen molar-refractivity contribution >= 4 is 17.6 Å². The molecule has 0 aromatic heterocycles. The summed E-state index contributed by atoms with van der Waals surface area (Å²) in [6.45, 7) is 3.90. The van der Waals surface area contributed by atoms with Crippen LogP contribution >= 0.6 is 0 Å². The Kier molecular flexibility index (Phi) is 6.51. The molecule has 0 fully saturated rings. The maximum atomic E-state index is 13.5. The van der Waals surface area contributed by atoms with Crippen LogP contribution in [0.3, 0.4) is 0 Å². The van der Waals surface area contributed by atoms with Gasteiger partial charge in [0.15, 0.2) is 6.10 Å². The van der Waals surface area contributed by atoms with Crippen molar-refractivity contribution in [3.05, 3.63) is 59.9 Å². The summed E-state index contributed by atoms with van der Waals surface area (Å²) in [5.74, 6) is -0.915. The van der Waals surface area contributed by atoms with Gasteiger partial charge in [-0.15, -0.1) is 0 Å². The van der Waals surface area contributed by atoms with E-state index in [4.69, 9.17) is 9.47 Å². The lowest BCUT2D eigenvalue weighted by atomic mass is 10.1. The monoisotopic (exact) mass is 345 g/mol. The van der Waals surface area contributed by atoms with Crippen LogP contribution in [-0.4, -0.2) is 24.6 Å². The fraction of sp³-hybridized carbons (Fsp3) is 0.263. The summed E-state index contributed by atoms with van der Waals surface area (Å²) in [4.78, 5) is 23.9. The lowest BCUT2D eigenvalue weighted by molar-refractivity contribution is -0.152. The second kappa shape index (κ2) is 8.82. The van der Waals surface area contributed by atoms with Crippen LogP contribution in [0.25, 0.3) is 0 Å². The van der Waals surface area contributed by atoms with Crippen LogP contribution in [0, 0.1) is 5.82 Å². The van der Waals surface area contributed by atoms with Gasteiger partial charge in [0.25, 0.3) is 5.91 Å². The van der Waals surface area contributed by atoms with E-state index in [0.717, 1.165) is 0 Å². The van der Waals surface area contributed by atoms with Gasteiger partial charge in [0.05, 0.1) is 13.0 Å². The third-order valence-electron chi connectivity index (χ3n) is 3.40. The Morgan fingerprint density at radius 2 is 1.80 bits per heavy atom. The molecule has 0 aliphatic carbocycles. The van der Waals surface area contributed by atoms with E-state index in [2.05, 4.69) is 5.32 Å². The molecule has 6 heteroatoms. The van der Waals surface area contributed by atoms with E-state index in [0.29, 0.717) is 18.0 Å². The molecular formula is C19H20FNO4. The summed E-state index contributed by atoms with van der Waals surface area (Å²) < 4.78 is 23.9. The van der Waals surface area contributed by atoms with Gasteiger partial charge in [-0.2, -0.15) is 0 Å². The molecule has 2 rings (SSSR count). The second-order valence-electron chi connectivity index (χ2n) is 5.35. The van der Waals surface area contributed by atoms with Crippen molar-refractivity contribution in [3.8, 4) is 5.75 Å². The standard InChI is InChI=1S/C19H20FNO4/c1-3-24-16-10-8-15(9-11-16)21-19(23)13(2)25-18(22)12-14-6-4-5-7-17(14)20/h4-11,13H,3,12H2,1-2H3,(H,21,23)/t13-/m1/s1. The summed E-state index contributed by atoms with van der Waals surface area (Å²) in [6, 6.07) is 12.8. The first-order chi connectivity index (χ1) is 12.0. The molecule has 0 heterocycles. The van der Waals surface area contributed by atoms with E-state index in [1.807, 2.05) is 6.92 Å². The average molecular weight is 345 g/mol. The Balaban J connectivity index is 1.87. The summed E-state index contributed by atoms with van der Waals surface area (Å²) in [5, 5.41) is 2.65. The van der Waals surface area contributed by atoms with Gasteiger partial charge in [0, 0.05) is 5.69 Å². The van der Waals surface area contributed by atoms with Crippen molar-refractivity contribution in [3.63, 3.8) is 0 Å². The first kappa shape index (κ1) is 18.4. The van der Waals surface area contributed by atoms with E-state index in [1.54, 1.807) is 30.3 Å². The molecule has 0 unspecified atom stereocenters. The largest absolute Gasteiger partial charge is 0.494 e. The van der Waals surface area contributed by atoms with Gasteiger partial charge in [0.2, 0.25) is 0 Å². The first-order valence-corrected chi connectivity index (χ1v) is 7.96. The van der Waals surface area contributed by atoms with Crippen LogP contribution in [0.2, 0.25) is 0 Å². The minimum absolute atomic E-state index is 0.228. The van der Waals surface area contributed by atoms with Crippen LogP contribution in [0.4, 0.5) is 10.1 Å². The van der Waals surface area contributed by atoms with E-state index < -0.39 is 23.8 Å². The van der Waals surface area contributed by atoms with Gasteiger partial charge >= 0.3 is 5.97 Å². The van der Waals surface area contributed by atoms with E-state index in [-0.39, 0.29) is 12.0 Å². The number of carbonyl (C=O) groups excluding carboxylic acids is 2. The zero-order chi connectivity index (χ0) is 18.2. The molecule has 25 heavy (non-hydrogen) atoms. The fourth-order valence-corrected chi connectivity index (χ4v) is 2.13. The second-order valence-corrected chi connectivity index (χ2v) is 5.35. The third kappa shape index (κ3) is 5.60. The van der Waals surface area contributed by atoms with E-state index in [1.165, 1.54) is 25.1 Å². The summed E-state index contributed by atoms with van der Waals surface area (Å²) >= 11 is 0. The highest BCUT2D eigenvalue weighted by Gasteiger charge is 2.19. The van der Waals surface area contributed by atoms with E-state index >= 15 is 0 Å². The predicted octanol–water partition coefficient (Wildman–Crippen LogP) is 3.34.